The standard InChI is InChI=1S/C23H21ClN2O3/c1-29-21-13-12-18(15-19(21)24)25-23(28)20(14-16-8-4-2-5-9-16)26-22(27)17-10-6-3-7-11-17/h2-13,15,20H,14H2,1H3,(H,25,28)(H,26,27). The molecule has 0 heterocycles. The SMILES string of the molecule is COc1ccc(NC(=O)C(Cc2ccccc2)NC(=O)c2ccccc2)cc1Cl. The summed E-state index contributed by atoms with van der Waals surface area (Å²) in [5.41, 5.74) is 1.95. The van der Waals surface area contributed by atoms with Gasteiger partial charge >= 0.3 is 0 Å². The third kappa shape index (κ3) is 5.59. The lowest BCUT2D eigenvalue weighted by Crippen LogP contribution is -2.45. The van der Waals surface area contributed by atoms with Crippen LogP contribution in [-0.4, -0.2) is 25.0 Å². The molecule has 2 N–H and O–H groups in total. The van der Waals surface area contributed by atoms with Crippen LogP contribution in [-0.2, 0) is 11.2 Å². The van der Waals surface area contributed by atoms with Crippen molar-refractivity contribution in [2.24, 2.45) is 0 Å². The summed E-state index contributed by atoms with van der Waals surface area (Å²) in [5, 5.41) is 6.04. The average molecular weight is 409 g/mol. The maximum Gasteiger partial charge on any atom is 0.251 e. The Kier molecular flexibility index (Phi) is 6.87. The normalized spacial score (nSPS) is 11.4. The van der Waals surface area contributed by atoms with Gasteiger partial charge in [-0.2, -0.15) is 0 Å². The number of hydrogen-bond acceptors (Lipinski definition) is 3. The van der Waals surface area contributed by atoms with Gasteiger partial charge in [0.1, 0.15) is 11.8 Å². The Morgan fingerprint density at radius 1 is 0.966 bits per heavy atom. The molecule has 3 aromatic rings. The molecule has 0 saturated carbocycles. The number of carbonyl (C=O) groups is 2. The lowest BCUT2D eigenvalue weighted by molar-refractivity contribution is -0.118. The Hall–Kier alpha value is -3.31. The Balaban J connectivity index is 1.78. The van der Waals surface area contributed by atoms with E-state index >= 15 is 0 Å². The molecule has 0 bridgehead atoms. The number of carbonyl (C=O) groups excluding carboxylic acids is 2. The van der Waals surface area contributed by atoms with Crippen molar-refractivity contribution in [3.05, 3.63) is 95.0 Å². The summed E-state index contributed by atoms with van der Waals surface area (Å²) in [5.74, 6) is -0.128. The Morgan fingerprint density at radius 3 is 2.24 bits per heavy atom. The minimum absolute atomic E-state index is 0.311. The fourth-order valence-corrected chi connectivity index (χ4v) is 3.12. The lowest BCUT2D eigenvalue weighted by atomic mass is 10.0. The van der Waals surface area contributed by atoms with E-state index in [1.54, 1.807) is 42.5 Å². The van der Waals surface area contributed by atoms with E-state index in [9.17, 15) is 9.59 Å². The van der Waals surface area contributed by atoms with Crippen LogP contribution in [0.5, 0.6) is 5.75 Å². The monoisotopic (exact) mass is 408 g/mol. The van der Waals surface area contributed by atoms with E-state index in [1.807, 2.05) is 36.4 Å². The molecular formula is C23H21ClN2O3. The molecule has 0 radical (unpaired) electrons. The predicted octanol–water partition coefficient (Wildman–Crippen LogP) is 4.33. The van der Waals surface area contributed by atoms with Gasteiger partial charge in [-0.1, -0.05) is 60.1 Å². The average Bonchev–Trinajstić information content (AvgIpc) is 2.74. The number of hydrogen-bond donors (Lipinski definition) is 2. The molecule has 3 rings (SSSR count). The van der Waals surface area contributed by atoms with Gasteiger partial charge in [-0.05, 0) is 35.9 Å². The Bertz CT molecular complexity index is 978. The molecule has 0 aliphatic heterocycles. The summed E-state index contributed by atoms with van der Waals surface area (Å²) in [4.78, 5) is 25.6. The molecule has 1 atom stereocenters. The van der Waals surface area contributed by atoms with E-state index < -0.39 is 6.04 Å². The highest BCUT2D eigenvalue weighted by molar-refractivity contribution is 6.32. The number of benzene rings is 3. The zero-order chi connectivity index (χ0) is 20.6. The second kappa shape index (κ2) is 9.75. The van der Waals surface area contributed by atoms with Crippen LogP contribution in [0.25, 0.3) is 0 Å². The molecule has 5 nitrogen and oxygen atoms in total. The zero-order valence-electron chi connectivity index (χ0n) is 15.9. The highest BCUT2D eigenvalue weighted by Gasteiger charge is 2.22. The maximum absolute atomic E-state index is 12.9. The summed E-state index contributed by atoms with van der Waals surface area (Å²) >= 11 is 6.14. The van der Waals surface area contributed by atoms with Crippen molar-refractivity contribution in [3.63, 3.8) is 0 Å². The second-order valence-corrected chi connectivity index (χ2v) is 6.83. The minimum atomic E-state index is -0.758. The summed E-state index contributed by atoms with van der Waals surface area (Å²) < 4.78 is 5.13. The largest absolute Gasteiger partial charge is 0.495 e. The topological polar surface area (TPSA) is 67.4 Å². The fraction of sp³-hybridized carbons (Fsp3) is 0.130. The molecule has 0 saturated heterocycles. The number of rotatable bonds is 7. The molecule has 0 aliphatic rings. The molecule has 0 spiro atoms. The molecule has 0 aromatic heterocycles. The number of halogens is 1. The summed E-state index contributed by atoms with van der Waals surface area (Å²) in [6, 6.07) is 22.5. The van der Waals surface area contributed by atoms with Crippen molar-refractivity contribution in [1.29, 1.82) is 0 Å². The molecule has 148 valence electrons. The highest BCUT2D eigenvalue weighted by atomic mass is 35.5. The third-order valence-corrected chi connectivity index (χ3v) is 4.66. The van der Waals surface area contributed by atoms with Gasteiger partial charge in [0.05, 0.1) is 12.1 Å². The van der Waals surface area contributed by atoms with E-state index in [1.165, 1.54) is 7.11 Å². The minimum Gasteiger partial charge on any atom is -0.495 e. The first-order valence-electron chi connectivity index (χ1n) is 9.11. The van der Waals surface area contributed by atoms with Crippen molar-refractivity contribution in [3.8, 4) is 5.75 Å². The van der Waals surface area contributed by atoms with Crippen LogP contribution in [0.4, 0.5) is 5.69 Å². The zero-order valence-corrected chi connectivity index (χ0v) is 16.6. The van der Waals surface area contributed by atoms with Crippen LogP contribution in [0.2, 0.25) is 5.02 Å². The Labute approximate surface area is 174 Å². The number of ether oxygens (including phenoxy) is 1. The first-order chi connectivity index (χ1) is 14.1. The van der Waals surface area contributed by atoms with E-state index in [-0.39, 0.29) is 11.8 Å². The van der Waals surface area contributed by atoms with Crippen molar-refractivity contribution < 1.29 is 14.3 Å². The van der Waals surface area contributed by atoms with Gasteiger partial charge in [0.25, 0.3) is 5.91 Å². The lowest BCUT2D eigenvalue weighted by Gasteiger charge is -2.19. The van der Waals surface area contributed by atoms with Gasteiger partial charge in [0.15, 0.2) is 0 Å². The molecule has 3 aromatic carbocycles. The van der Waals surface area contributed by atoms with Crippen LogP contribution < -0.4 is 15.4 Å². The van der Waals surface area contributed by atoms with Crippen LogP contribution in [0, 0.1) is 0 Å². The quantitative estimate of drug-likeness (QED) is 0.611. The number of anilines is 1. The van der Waals surface area contributed by atoms with Crippen LogP contribution in [0.15, 0.2) is 78.9 Å². The van der Waals surface area contributed by atoms with Gasteiger partial charge in [0, 0.05) is 17.7 Å². The number of methoxy groups -OCH3 is 1. The Morgan fingerprint density at radius 2 is 1.62 bits per heavy atom. The number of nitrogens with one attached hydrogen (secondary N) is 2. The first-order valence-corrected chi connectivity index (χ1v) is 9.49. The number of amides is 2. The third-order valence-electron chi connectivity index (χ3n) is 4.36. The van der Waals surface area contributed by atoms with Crippen molar-refractivity contribution in [1.82, 2.24) is 5.32 Å². The first kappa shape index (κ1) is 20.4. The fourth-order valence-electron chi connectivity index (χ4n) is 2.86. The van der Waals surface area contributed by atoms with E-state index in [0.717, 1.165) is 5.56 Å². The predicted molar refractivity (Wildman–Crippen MR) is 114 cm³/mol. The summed E-state index contributed by atoms with van der Waals surface area (Å²) in [6.45, 7) is 0. The van der Waals surface area contributed by atoms with Gasteiger partial charge in [-0.25, -0.2) is 0 Å². The van der Waals surface area contributed by atoms with E-state index in [0.29, 0.717) is 28.4 Å². The highest BCUT2D eigenvalue weighted by Crippen LogP contribution is 2.27. The second-order valence-electron chi connectivity index (χ2n) is 6.42. The van der Waals surface area contributed by atoms with Crippen molar-refractivity contribution >= 4 is 29.1 Å². The molecular weight excluding hydrogens is 388 g/mol. The van der Waals surface area contributed by atoms with Crippen LogP contribution >= 0.6 is 11.6 Å². The van der Waals surface area contributed by atoms with Gasteiger partial charge < -0.3 is 15.4 Å². The van der Waals surface area contributed by atoms with E-state index in [2.05, 4.69) is 10.6 Å². The molecule has 0 aliphatic carbocycles. The van der Waals surface area contributed by atoms with Gasteiger partial charge in [0.2, 0.25) is 5.91 Å². The van der Waals surface area contributed by atoms with E-state index in [4.69, 9.17) is 16.3 Å². The van der Waals surface area contributed by atoms with Crippen LogP contribution in [0.1, 0.15) is 15.9 Å². The summed E-state index contributed by atoms with van der Waals surface area (Å²) in [6.07, 6.45) is 0.356. The van der Waals surface area contributed by atoms with Gasteiger partial charge in [-0.15, -0.1) is 0 Å². The molecule has 6 heteroatoms. The van der Waals surface area contributed by atoms with Crippen LogP contribution in [0.3, 0.4) is 0 Å². The van der Waals surface area contributed by atoms with Crippen molar-refractivity contribution in [2.45, 2.75) is 12.5 Å². The molecule has 2 amide bonds. The molecule has 29 heavy (non-hydrogen) atoms. The molecule has 0 fully saturated rings. The molecule has 1 unspecified atom stereocenters. The van der Waals surface area contributed by atoms with Gasteiger partial charge in [-0.3, -0.25) is 9.59 Å². The summed E-state index contributed by atoms with van der Waals surface area (Å²) in [7, 11) is 1.52. The smallest absolute Gasteiger partial charge is 0.251 e. The maximum atomic E-state index is 12.9. The van der Waals surface area contributed by atoms with Crippen molar-refractivity contribution in [2.75, 3.05) is 12.4 Å².